The van der Waals surface area contributed by atoms with Crippen LogP contribution in [0.5, 0.6) is 0 Å². The number of benzene rings is 3. The summed E-state index contributed by atoms with van der Waals surface area (Å²) in [6.45, 7) is 0. The molecule has 0 heterocycles. The Morgan fingerprint density at radius 1 is 0.583 bits per heavy atom. The van der Waals surface area contributed by atoms with Gasteiger partial charge in [-0.15, -0.1) is 0 Å². The highest BCUT2D eigenvalue weighted by Crippen LogP contribution is 2.33. The fourth-order valence-electron chi connectivity index (χ4n) is 2.20. The number of hydrogen-bond acceptors (Lipinski definition) is 0. The van der Waals surface area contributed by atoms with E-state index in [-0.39, 0.29) is 0 Å². The van der Waals surface area contributed by atoms with E-state index in [2.05, 4.69) is 45.2 Å². The second-order valence-electron chi connectivity index (χ2n) is 4.91. The zero-order valence-electron chi connectivity index (χ0n) is 12.1. The lowest BCUT2D eigenvalue weighted by molar-refractivity contribution is 0.443. The van der Waals surface area contributed by atoms with Gasteiger partial charge in [0, 0.05) is 19.3 Å². The zero-order valence-corrected chi connectivity index (χ0v) is 17.2. The standard InChI is InChI=1S/C18H10F3I2S/c19-16-9-15(10-17(20)18(16)21)24(13-5-1-11(22)2-6-13)14-7-3-12(23)4-8-14/h1-10H/q+1. The Balaban J connectivity index is 2.18. The van der Waals surface area contributed by atoms with E-state index >= 15 is 0 Å². The lowest BCUT2D eigenvalue weighted by Crippen LogP contribution is -2.07. The van der Waals surface area contributed by atoms with Crippen LogP contribution in [0.3, 0.4) is 0 Å². The molecule has 0 fully saturated rings. The van der Waals surface area contributed by atoms with E-state index in [9.17, 15) is 13.2 Å². The second-order valence-corrected chi connectivity index (χ2v) is 9.43. The van der Waals surface area contributed by atoms with E-state index < -0.39 is 28.3 Å². The van der Waals surface area contributed by atoms with Crippen LogP contribution in [-0.2, 0) is 10.9 Å². The van der Waals surface area contributed by atoms with Crippen LogP contribution in [0, 0.1) is 24.6 Å². The van der Waals surface area contributed by atoms with Crippen LogP contribution in [0.15, 0.2) is 75.4 Å². The van der Waals surface area contributed by atoms with Gasteiger partial charge in [0.05, 0.1) is 10.9 Å². The molecule has 3 rings (SSSR count). The summed E-state index contributed by atoms with van der Waals surface area (Å²) in [7, 11) is -0.713. The van der Waals surface area contributed by atoms with Crippen molar-refractivity contribution >= 4 is 56.1 Å². The lowest BCUT2D eigenvalue weighted by atomic mass is 10.3. The maximum atomic E-state index is 13.7. The van der Waals surface area contributed by atoms with Crippen molar-refractivity contribution in [2.75, 3.05) is 0 Å². The van der Waals surface area contributed by atoms with Crippen LogP contribution in [-0.4, -0.2) is 0 Å². The molecule has 0 N–H and O–H groups in total. The van der Waals surface area contributed by atoms with Crippen molar-refractivity contribution in [1.29, 1.82) is 0 Å². The minimum Gasteiger partial charge on any atom is -0.203 e. The normalized spacial score (nSPS) is 11.1. The van der Waals surface area contributed by atoms with Gasteiger partial charge >= 0.3 is 0 Å². The van der Waals surface area contributed by atoms with Gasteiger partial charge < -0.3 is 0 Å². The third-order valence-electron chi connectivity index (χ3n) is 3.29. The van der Waals surface area contributed by atoms with Crippen molar-refractivity contribution in [3.8, 4) is 0 Å². The van der Waals surface area contributed by atoms with E-state index in [0.717, 1.165) is 29.1 Å². The van der Waals surface area contributed by atoms with Gasteiger partial charge in [-0.2, -0.15) is 0 Å². The molecule has 6 heteroatoms. The topological polar surface area (TPSA) is 0 Å². The van der Waals surface area contributed by atoms with Gasteiger partial charge in [-0.25, -0.2) is 13.2 Å². The van der Waals surface area contributed by atoms with Gasteiger partial charge in [0.15, 0.2) is 32.1 Å². The maximum absolute atomic E-state index is 13.7. The molecular formula is C18H10F3I2S+. The summed E-state index contributed by atoms with van der Waals surface area (Å²) in [6, 6.07) is 17.7. The summed E-state index contributed by atoms with van der Waals surface area (Å²) in [4.78, 5) is 2.25. The molecule has 122 valence electrons. The van der Waals surface area contributed by atoms with Crippen molar-refractivity contribution in [3.63, 3.8) is 0 Å². The Morgan fingerprint density at radius 2 is 0.958 bits per heavy atom. The van der Waals surface area contributed by atoms with E-state index in [1.807, 2.05) is 48.5 Å². The fraction of sp³-hybridized carbons (Fsp3) is 0. The van der Waals surface area contributed by atoms with Crippen LogP contribution in [0.2, 0.25) is 0 Å². The zero-order chi connectivity index (χ0) is 17.3. The molecule has 0 aliphatic rings. The summed E-state index contributed by atoms with van der Waals surface area (Å²) in [5.41, 5.74) is 0. The summed E-state index contributed by atoms with van der Waals surface area (Å²) in [6.07, 6.45) is 0. The maximum Gasteiger partial charge on any atom is 0.194 e. The Morgan fingerprint density at radius 3 is 1.33 bits per heavy atom. The predicted octanol–water partition coefficient (Wildman–Crippen LogP) is 6.41. The first-order valence-electron chi connectivity index (χ1n) is 6.85. The number of halogens is 5. The van der Waals surface area contributed by atoms with E-state index in [0.29, 0.717) is 4.90 Å². The SMILES string of the molecule is Fc1cc([S+](c2ccc(I)cc2)c2ccc(I)cc2)cc(F)c1F. The van der Waals surface area contributed by atoms with Crippen LogP contribution in [0.4, 0.5) is 13.2 Å². The molecule has 0 atom stereocenters. The third-order valence-corrected chi connectivity index (χ3v) is 6.92. The molecule has 0 nitrogen and oxygen atoms in total. The molecule has 24 heavy (non-hydrogen) atoms. The largest absolute Gasteiger partial charge is 0.203 e. The molecule has 0 spiro atoms. The number of rotatable bonds is 3. The van der Waals surface area contributed by atoms with Gasteiger partial charge in [-0.05, 0) is 93.7 Å². The average molecular weight is 569 g/mol. The summed E-state index contributed by atoms with van der Waals surface area (Å²) < 4.78 is 43.0. The van der Waals surface area contributed by atoms with Crippen molar-refractivity contribution in [3.05, 3.63) is 85.3 Å². The van der Waals surface area contributed by atoms with Crippen molar-refractivity contribution < 1.29 is 13.2 Å². The van der Waals surface area contributed by atoms with Gasteiger partial charge in [0.2, 0.25) is 0 Å². The molecule has 0 unspecified atom stereocenters. The second kappa shape index (κ2) is 7.65. The van der Waals surface area contributed by atoms with Gasteiger partial charge in [-0.3, -0.25) is 0 Å². The van der Waals surface area contributed by atoms with Crippen LogP contribution >= 0.6 is 45.2 Å². The summed E-state index contributed by atoms with van der Waals surface area (Å²) >= 11 is 4.40. The van der Waals surface area contributed by atoms with Crippen LogP contribution in [0.25, 0.3) is 0 Å². The highest BCUT2D eigenvalue weighted by molar-refractivity contribution is 14.1. The summed E-state index contributed by atoms with van der Waals surface area (Å²) in [5, 5.41) is 0. The first-order valence-corrected chi connectivity index (χ1v) is 10.2. The van der Waals surface area contributed by atoms with Crippen molar-refractivity contribution in [2.24, 2.45) is 0 Å². The van der Waals surface area contributed by atoms with Gasteiger partial charge in [-0.1, -0.05) is 0 Å². The Labute approximate surface area is 168 Å². The van der Waals surface area contributed by atoms with E-state index in [4.69, 9.17) is 0 Å². The Kier molecular flexibility index (Phi) is 5.76. The van der Waals surface area contributed by atoms with Crippen LogP contribution in [0.1, 0.15) is 0 Å². The molecule has 0 aliphatic heterocycles. The Bertz CT molecular complexity index is 796. The Hall–Kier alpha value is -0.740. The molecule has 3 aromatic rings. The molecule has 0 bridgehead atoms. The molecular weight excluding hydrogens is 559 g/mol. The lowest BCUT2D eigenvalue weighted by Gasteiger charge is -2.09. The van der Waals surface area contributed by atoms with Gasteiger partial charge in [0.25, 0.3) is 0 Å². The molecule has 3 aromatic carbocycles. The quantitative estimate of drug-likeness (QED) is 0.195. The van der Waals surface area contributed by atoms with E-state index in [1.54, 1.807) is 0 Å². The highest BCUT2D eigenvalue weighted by atomic mass is 127. The van der Waals surface area contributed by atoms with Crippen molar-refractivity contribution in [2.45, 2.75) is 14.7 Å². The van der Waals surface area contributed by atoms with Crippen LogP contribution < -0.4 is 0 Å². The summed E-state index contributed by atoms with van der Waals surface area (Å²) in [5.74, 6) is -3.77. The first kappa shape index (κ1) is 18.1. The molecule has 0 saturated carbocycles. The number of hydrogen-bond donors (Lipinski definition) is 0. The average Bonchev–Trinajstić information content (AvgIpc) is 2.56. The highest BCUT2D eigenvalue weighted by Gasteiger charge is 2.31. The molecule has 0 radical (unpaired) electrons. The minimum absolute atomic E-state index is 0.411. The van der Waals surface area contributed by atoms with Gasteiger partial charge in [0.1, 0.15) is 0 Å². The monoisotopic (exact) mass is 569 g/mol. The van der Waals surface area contributed by atoms with Crippen molar-refractivity contribution in [1.82, 2.24) is 0 Å². The predicted molar refractivity (Wildman–Crippen MR) is 107 cm³/mol. The third kappa shape index (κ3) is 3.91. The smallest absolute Gasteiger partial charge is 0.194 e. The fourth-order valence-corrected chi connectivity index (χ4v) is 4.99. The molecule has 0 saturated heterocycles. The molecule has 0 amide bonds. The van der Waals surface area contributed by atoms with E-state index in [1.165, 1.54) is 0 Å². The minimum atomic E-state index is -1.44. The molecule has 0 aliphatic carbocycles. The molecule has 0 aromatic heterocycles. The first-order chi connectivity index (χ1) is 11.5.